The molecular weight excluding hydrogens is 267 g/mol. The lowest BCUT2D eigenvalue weighted by Gasteiger charge is -2.28. The van der Waals surface area contributed by atoms with Gasteiger partial charge in [-0.3, -0.25) is 0 Å². The largest absolute Gasteiger partial charge is 0.243 e. The van der Waals surface area contributed by atoms with Gasteiger partial charge < -0.3 is 0 Å². The number of sulfonamides is 1. The summed E-state index contributed by atoms with van der Waals surface area (Å²) in [4.78, 5) is 0.0166. The highest BCUT2D eigenvalue weighted by Gasteiger charge is 2.30. The molecule has 1 aromatic carbocycles. The second-order valence-corrected chi connectivity index (χ2v) is 6.62. The van der Waals surface area contributed by atoms with E-state index in [1.54, 1.807) is 6.92 Å². The molecule has 2 rings (SSSR count). The zero-order valence-electron chi connectivity index (χ0n) is 10.6. The molecule has 102 valence electrons. The van der Waals surface area contributed by atoms with E-state index in [4.69, 9.17) is 5.26 Å². The van der Waals surface area contributed by atoms with Crippen molar-refractivity contribution in [1.82, 2.24) is 4.31 Å². The number of hydrogen-bond donors (Lipinski definition) is 0. The lowest BCUT2D eigenvalue weighted by atomic mass is 10.0. The standard InChI is InChI=1S/C13H15FN2O2S/c1-10-2-3-12(14)8-13(10)19(17,18)16-6-4-11(9-15)5-7-16/h2-3,8,11H,4-7H2,1H3. The molecule has 4 nitrogen and oxygen atoms in total. The van der Waals surface area contributed by atoms with Gasteiger partial charge in [0.2, 0.25) is 10.0 Å². The Morgan fingerprint density at radius 2 is 2.00 bits per heavy atom. The van der Waals surface area contributed by atoms with Crippen LogP contribution in [0.25, 0.3) is 0 Å². The van der Waals surface area contributed by atoms with Crippen molar-refractivity contribution in [3.63, 3.8) is 0 Å². The third-order valence-electron chi connectivity index (χ3n) is 3.40. The first-order valence-corrected chi connectivity index (χ1v) is 7.55. The quantitative estimate of drug-likeness (QED) is 0.834. The number of halogens is 1. The van der Waals surface area contributed by atoms with Gasteiger partial charge in [-0.25, -0.2) is 12.8 Å². The van der Waals surface area contributed by atoms with Crippen molar-refractivity contribution in [2.45, 2.75) is 24.7 Å². The molecule has 0 saturated carbocycles. The smallest absolute Gasteiger partial charge is 0.207 e. The topological polar surface area (TPSA) is 61.2 Å². The average Bonchev–Trinajstić information content (AvgIpc) is 2.41. The molecule has 1 aliphatic heterocycles. The maximum absolute atomic E-state index is 13.2. The highest BCUT2D eigenvalue weighted by molar-refractivity contribution is 7.89. The molecule has 1 aliphatic rings. The lowest BCUT2D eigenvalue weighted by molar-refractivity contribution is 0.309. The van der Waals surface area contributed by atoms with Crippen molar-refractivity contribution >= 4 is 10.0 Å². The minimum absolute atomic E-state index is 0.0166. The third kappa shape index (κ3) is 2.77. The van der Waals surface area contributed by atoms with Crippen LogP contribution in [0.5, 0.6) is 0 Å². The van der Waals surface area contributed by atoms with Gasteiger partial charge in [0.15, 0.2) is 0 Å². The Bertz CT molecular complexity index is 614. The summed E-state index contributed by atoms with van der Waals surface area (Å²) >= 11 is 0. The van der Waals surface area contributed by atoms with E-state index in [1.165, 1.54) is 16.4 Å². The van der Waals surface area contributed by atoms with E-state index in [0.29, 0.717) is 31.5 Å². The van der Waals surface area contributed by atoms with Crippen LogP contribution in [0.15, 0.2) is 23.1 Å². The second kappa shape index (κ2) is 5.27. The van der Waals surface area contributed by atoms with E-state index >= 15 is 0 Å². The lowest BCUT2D eigenvalue weighted by Crippen LogP contribution is -2.38. The van der Waals surface area contributed by atoms with E-state index < -0.39 is 15.8 Å². The molecule has 1 fully saturated rings. The van der Waals surface area contributed by atoms with Crippen molar-refractivity contribution < 1.29 is 12.8 Å². The number of benzene rings is 1. The van der Waals surface area contributed by atoms with Gasteiger partial charge in [-0.05, 0) is 37.5 Å². The summed E-state index contributed by atoms with van der Waals surface area (Å²) in [5.74, 6) is -0.642. The van der Waals surface area contributed by atoms with Gasteiger partial charge in [-0.1, -0.05) is 6.07 Å². The minimum Gasteiger partial charge on any atom is -0.207 e. The first-order chi connectivity index (χ1) is 8.95. The summed E-state index contributed by atoms with van der Waals surface area (Å²) in [7, 11) is -3.66. The fourth-order valence-corrected chi connectivity index (χ4v) is 3.92. The van der Waals surface area contributed by atoms with Crippen LogP contribution in [0.2, 0.25) is 0 Å². The molecule has 0 radical (unpaired) electrons. The van der Waals surface area contributed by atoms with Crippen LogP contribution in [0.3, 0.4) is 0 Å². The number of hydrogen-bond acceptors (Lipinski definition) is 3. The minimum atomic E-state index is -3.66. The summed E-state index contributed by atoms with van der Waals surface area (Å²) in [5, 5.41) is 8.81. The van der Waals surface area contributed by atoms with E-state index in [9.17, 15) is 12.8 Å². The SMILES string of the molecule is Cc1ccc(F)cc1S(=O)(=O)N1CCC(C#N)CC1. The number of aryl methyl sites for hydroxylation is 1. The molecule has 0 atom stereocenters. The molecule has 1 aromatic rings. The van der Waals surface area contributed by atoms with Gasteiger partial charge >= 0.3 is 0 Å². The Balaban J connectivity index is 2.29. The molecule has 0 N–H and O–H groups in total. The second-order valence-electron chi connectivity index (χ2n) is 4.72. The van der Waals surface area contributed by atoms with Crippen molar-refractivity contribution in [3.05, 3.63) is 29.6 Å². The van der Waals surface area contributed by atoms with Gasteiger partial charge in [0.05, 0.1) is 11.0 Å². The fraction of sp³-hybridized carbons (Fsp3) is 0.462. The summed E-state index contributed by atoms with van der Waals surface area (Å²) in [6, 6.07) is 5.92. The molecule has 0 aromatic heterocycles. The molecular formula is C13H15FN2O2S. The predicted molar refractivity (Wildman–Crippen MR) is 68.2 cm³/mol. The first kappa shape index (κ1) is 14.0. The van der Waals surface area contributed by atoms with Crippen molar-refractivity contribution in [2.75, 3.05) is 13.1 Å². The predicted octanol–water partition coefficient (Wildman–Crippen LogP) is 2.06. The molecule has 1 heterocycles. The Kier molecular flexibility index (Phi) is 3.88. The van der Waals surface area contributed by atoms with Gasteiger partial charge in [-0.2, -0.15) is 9.57 Å². The average molecular weight is 282 g/mol. The van der Waals surface area contributed by atoms with Gasteiger partial charge in [0.1, 0.15) is 5.82 Å². The monoisotopic (exact) mass is 282 g/mol. The molecule has 0 bridgehead atoms. The van der Waals surface area contributed by atoms with Crippen LogP contribution >= 0.6 is 0 Å². The maximum Gasteiger partial charge on any atom is 0.243 e. The summed E-state index contributed by atoms with van der Waals surface area (Å²) in [6.07, 6.45) is 1.06. The van der Waals surface area contributed by atoms with Gasteiger partial charge in [0.25, 0.3) is 0 Å². The first-order valence-electron chi connectivity index (χ1n) is 6.11. The van der Waals surface area contributed by atoms with E-state index in [2.05, 4.69) is 6.07 Å². The normalized spacial score (nSPS) is 18.2. The Hall–Kier alpha value is -1.45. The molecule has 6 heteroatoms. The van der Waals surface area contributed by atoms with Crippen LogP contribution in [0.4, 0.5) is 4.39 Å². The number of nitriles is 1. The highest BCUT2D eigenvalue weighted by atomic mass is 32.2. The van der Waals surface area contributed by atoms with Crippen molar-refractivity contribution in [3.8, 4) is 6.07 Å². The molecule has 0 unspecified atom stereocenters. The fourth-order valence-electron chi connectivity index (χ4n) is 2.22. The van der Waals surface area contributed by atoms with Crippen LogP contribution in [-0.4, -0.2) is 25.8 Å². The maximum atomic E-state index is 13.2. The molecule has 0 amide bonds. The van der Waals surface area contributed by atoms with Crippen LogP contribution in [-0.2, 0) is 10.0 Å². The third-order valence-corrected chi connectivity index (χ3v) is 5.45. The number of piperidine rings is 1. The number of rotatable bonds is 2. The van der Waals surface area contributed by atoms with E-state index in [0.717, 1.165) is 6.07 Å². The Morgan fingerprint density at radius 1 is 1.37 bits per heavy atom. The van der Waals surface area contributed by atoms with Crippen molar-refractivity contribution in [1.29, 1.82) is 5.26 Å². The van der Waals surface area contributed by atoms with E-state index in [-0.39, 0.29) is 10.8 Å². The molecule has 1 saturated heterocycles. The molecule has 0 spiro atoms. The van der Waals surface area contributed by atoms with E-state index in [1.807, 2.05) is 0 Å². The number of nitrogens with zero attached hydrogens (tertiary/aromatic N) is 2. The zero-order valence-corrected chi connectivity index (χ0v) is 11.5. The van der Waals surface area contributed by atoms with Gasteiger partial charge in [0, 0.05) is 19.0 Å². The Morgan fingerprint density at radius 3 is 2.58 bits per heavy atom. The molecule has 19 heavy (non-hydrogen) atoms. The van der Waals surface area contributed by atoms with Crippen molar-refractivity contribution in [2.24, 2.45) is 5.92 Å². The highest BCUT2D eigenvalue weighted by Crippen LogP contribution is 2.25. The Labute approximate surface area is 112 Å². The van der Waals surface area contributed by atoms with Gasteiger partial charge in [-0.15, -0.1) is 0 Å². The van der Waals surface area contributed by atoms with Crippen LogP contribution < -0.4 is 0 Å². The summed E-state index contributed by atoms with van der Waals surface area (Å²) in [6.45, 7) is 2.28. The summed E-state index contributed by atoms with van der Waals surface area (Å²) in [5.41, 5.74) is 0.531. The molecule has 0 aliphatic carbocycles. The zero-order chi connectivity index (χ0) is 14.0. The van der Waals surface area contributed by atoms with Crippen LogP contribution in [0, 0.1) is 30.0 Å². The van der Waals surface area contributed by atoms with Crippen LogP contribution in [0.1, 0.15) is 18.4 Å². The summed E-state index contributed by atoms with van der Waals surface area (Å²) < 4.78 is 39.4.